The highest BCUT2D eigenvalue weighted by Crippen LogP contribution is 2.26. The lowest BCUT2D eigenvalue weighted by atomic mass is 10.1. The molecule has 7 heteroatoms. The predicted octanol–water partition coefficient (Wildman–Crippen LogP) is 3.73. The van der Waals surface area contributed by atoms with Crippen molar-refractivity contribution < 1.29 is 9.72 Å². The van der Waals surface area contributed by atoms with Crippen LogP contribution in [0.15, 0.2) is 34.4 Å². The van der Waals surface area contributed by atoms with Crippen LogP contribution in [0.3, 0.4) is 0 Å². The van der Waals surface area contributed by atoms with E-state index in [1.165, 1.54) is 55.0 Å². The first-order valence-electron chi connectivity index (χ1n) is 8.73. The van der Waals surface area contributed by atoms with E-state index in [9.17, 15) is 14.9 Å². The number of amides is 1. The van der Waals surface area contributed by atoms with Crippen molar-refractivity contribution in [2.24, 2.45) is 16.0 Å². The lowest BCUT2D eigenvalue weighted by Gasteiger charge is -2.13. The van der Waals surface area contributed by atoms with E-state index >= 15 is 0 Å². The minimum atomic E-state index is -0.466. The highest BCUT2D eigenvalue weighted by Gasteiger charge is 2.33. The van der Waals surface area contributed by atoms with Gasteiger partial charge in [-0.2, -0.15) is 10.1 Å². The average Bonchev–Trinajstić information content (AvgIpc) is 2.79. The summed E-state index contributed by atoms with van der Waals surface area (Å²) in [5.41, 5.74) is 1.21. The lowest BCUT2D eigenvalue weighted by Crippen LogP contribution is -2.28. The molecular formula is C18H22N4O3. The topological polar surface area (TPSA) is 88.2 Å². The highest BCUT2D eigenvalue weighted by atomic mass is 16.6. The van der Waals surface area contributed by atoms with Crippen LogP contribution in [0.25, 0.3) is 0 Å². The Bertz CT molecular complexity index is 704. The molecule has 1 aliphatic heterocycles. The highest BCUT2D eigenvalue weighted by molar-refractivity contribution is 6.23. The van der Waals surface area contributed by atoms with Crippen LogP contribution in [-0.4, -0.2) is 28.8 Å². The Morgan fingerprint density at radius 2 is 1.84 bits per heavy atom. The van der Waals surface area contributed by atoms with Crippen molar-refractivity contribution in [3.63, 3.8) is 0 Å². The molecule has 0 aromatic heterocycles. The van der Waals surface area contributed by atoms with Crippen molar-refractivity contribution >= 4 is 29.2 Å². The summed E-state index contributed by atoms with van der Waals surface area (Å²) >= 11 is 0. The second-order valence-corrected chi connectivity index (χ2v) is 6.59. The SMILES string of the molecule is CC1=NN(c2ccc([N+](=O)[O-])cc2)C(=O)[C@H]1C=NC1CCCCCC1. The van der Waals surface area contributed by atoms with Gasteiger partial charge in [0.15, 0.2) is 0 Å². The fourth-order valence-corrected chi connectivity index (χ4v) is 3.27. The van der Waals surface area contributed by atoms with E-state index in [2.05, 4.69) is 10.1 Å². The quantitative estimate of drug-likeness (QED) is 0.361. The van der Waals surface area contributed by atoms with Gasteiger partial charge in [-0.1, -0.05) is 25.7 Å². The van der Waals surface area contributed by atoms with E-state index in [0.717, 1.165) is 12.8 Å². The Morgan fingerprint density at radius 1 is 1.20 bits per heavy atom. The maximum atomic E-state index is 12.7. The number of benzene rings is 1. The van der Waals surface area contributed by atoms with Crippen LogP contribution >= 0.6 is 0 Å². The molecule has 1 fully saturated rings. The largest absolute Gasteiger partial charge is 0.293 e. The molecule has 25 heavy (non-hydrogen) atoms. The number of hydrazone groups is 1. The van der Waals surface area contributed by atoms with Crippen LogP contribution in [0, 0.1) is 16.0 Å². The number of carbonyl (C=O) groups is 1. The van der Waals surface area contributed by atoms with Crippen molar-refractivity contribution in [1.82, 2.24) is 0 Å². The monoisotopic (exact) mass is 342 g/mol. The Morgan fingerprint density at radius 3 is 2.44 bits per heavy atom. The molecule has 1 amide bonds. The van der Waals surface area contributed by atoms with Gasteiger partial charge in [0, 0.05) is 24.4 Å². The molecule has 0 spiro atoms. The molecule has 3 rings (SSSR count). The third kappa shape index (κ3) is 3.92. The van der Waals surface area contributed by atoms with Gasteiger partial charge < -0.3 is 0 Å². The van der Waals surface area contributed by atoms with Crippen molar-refractivity contribution in [3.8, 4) is 0 Å². The second kappa shape index (κ2) is 7.55. The summed E-state index contributed by atoms with van der Waals surface area (Å²) in [7, 11) is 0. The zero-order valence-electron chi connectivity index (χ0n) is 14.3. The third-order valence-electron chi connectivity index (χ3n) is 4.76. The normalized spacial score (nSPS) is 22.3. The van der Waals surface area contributed by atoms with Crippen molar-refractivity contribution in [2.75, 3.05) is 5.01 Å². The first-order valence-corrected chi connectivity index (χ1v) is 8.73. The molecule has 7 nitrogen and oxygen atoms in total. The van der Waals surface area contributed by atoms with Crippen LogP contribution in [0.2, 0.25) is 0 Å². The molecule has 2 aliphatic rings. The number of rotatable bonds is 4. The summed E-state index contributed by atoms with van der Waals surface area (Å²) in [4.78, 5) is 27.6. The van der Waals surface area contributed by atoms with Gasteiger partial charge in [0.05, 0.1) is 16.3 Å². The van der Waals surface area contributed by atoms with E-state index in [-0.39, 0.29) is 11.6 Å². The molecule has 0 radical (unpaired) electrons. The Hall–Kier alpha value is -2.57. The number of hydrogen-bond acceptors (Lipinski definition) is 5. The first kappa shape index (κ1) is 17.3. The van der Waals surface area contributed by atoms with Gasteiger partial charge in [-0.25, -0.2) is 0 Å². The number of nitrogens with zero attached hydrogens (tertiary/aromatic N) is 4. The standard InChI is InChI=1S/C18H22N4O3/c1-13-17(12-19-14-6-4-2-3-5-7-14)18(23)21(20-13)15-8-10-16(11-9-15)22(24)25/h8-12,14,17H,2-7H2,1H3/t17-/m0/s1. The molecule has 1 aliphatic carbocycles. The zero-order valence-corrected chi connectivity index (χ0v) is 14.3. The minimum Gasteiger partial charge on any atom is -0.293 e. The van der Waals surface area contributed by atoms with Crippen LogP contribution < -0.4 is 5.01 Å². The van der Waals surface area contributed by atoms with E-state index < -0.39 is 10.8 Å². The number of carbonyl (C=O) groups excluding carboxylic acids is 1. The van der Waals surface area contributed by atoms with Crippen molar-refractivity contribution in [3.05, 3.63) is 34.4 Å². The van der Waals surface area contributed by atoms with Crippen molar-refractivity contribution in [1.29, 1.82) is 0 Å². The molecule has 1 atom stereocenters. The molecule has 1 aromatic rings. The minimum absolute atomic E-state index is 0.0115. The summed E-state index contributed by atoms with van der Waals surface area (Å²) in [6, 6.07) is 6.13. The van der Waals surface area contributed by atoms with Gasteiger partial charge in [0.1, 0.15) is 5.92 Å². The third-order valence-corrected chi connectivity index (χ3v) is 4.76. The number of aliphatic imine (C=N–C) groups is 1. The Balaban J connectivity index is 1.71. The van der Waals surface area contributed by atoms with E-state index in [1.54, 1.807) is 6.21 Å². The lowest BCUT2D eigenvalue weighted by molar-refractivity contribution is -0.384. The fraction of sp³-hybridized carbons (Fsp3) is 0.500. The van der Waals surface area contributed by atoms with Crippen LogP contribution in [0.1, 0.15) is 45.4 Å². The summed E-state index contributed by atoms with van der Waals surface area (Å²) < 4.78 is 0. The summed E-state index contributed by atoms with van der Waals surface area (Å²) in [6.45, 7) is 1.81. The van der Waals surface area contributed by atoms with Gasteiger partial charge in [0.25, 0.3) is 11.6 Å². The summed E-state index contributed by atoms with van der Waals surface area (Å²) in [5.74, 6) is -0.609. The molecule has 132 valence electrons. The van der Waals surface area contributed by atoms with E-state index in [0.29, 0.717) is 17.4 Å². The predicted molar refractivity (Wildman–Crippen MR) is 97.2 cm³/mol. The molecule has 1 aromatic carbocycles. The van der Waals surface area contributed by atoms with Gasteiger partial charge >= 0.3 is 0 Å². The first-order chi connectivity index (χ1) is 12.1. The van der Waals surface area contributed by atoms with Crippen LogP contribution in [0.5, 0.6) is 0 Å². The fourth-order valence-electron chi connectivity index (χ4n) is 3.27. The Kier molecular flexibility index (Phi) is 5.21. The van der Waals surface area contributed by atoms with Gasteiger partial charge in [-0.3, -0.25) is 19.9 Å². The number of nitro groups is 1. The summed E-state index contributed by atoms with van der Waals surface area (Å²) in [5, 5.41) is 16.4. The molecule has 0 saturated heterocycles. The number of nitro benzene ring substituents is 1. The summed E-state index contributed by atoms with van der Waals surface area (Å²) in [6.07, 6.45) is 8.83. The van der Waals surface area contributed by atoms with Crippen LogP contribution in [-0.2, 0) is 4.79 Å². The maximum Gasteiger partial charge on any atom is 0.269 e. The molecule has 0 unspecified atom stereocenters. The Labute approximate surface area is 146 Å². The zero-order chi connectivity index (χ0) is 17.8. The van der Waals surface area contributed by atoms with Crippen molar-refractivity contribution in [2.45, 2.75) is 51.5 Å². The smallest absolute Gasteiger partial charge is 0.269 e. The number of non-ortho nitro benzene ring substituents is 1. The van der Waals surface area contributed by atoms with E-state index in [4.69, 9.17) is 0 Å². The van der Waals surface area contributed by atoms with Crippen LogP contribution in [0.4, 0.5) is 11.4 Å². The maximum absolute atomic E-state index is 12.7. The van der Waals surface area contributed by atoms with Gasteiger partial charge in [0.2, 0.25) is 0 Å². The van der Waals surface area contributed by atoms with Gasteiger partial charge in [-0.15, -0.1) is 0 Å². The second-order valence-electron chi connectivity index (χ2n) is 6.59. The molecule has 1 heterocycles. The molecular weight excluding hydrogens is 320 g/mol. The van der Waals surface area contributed by atoms with Gasteiger partial charge in [-0.05, 0) is 31.9 Å². The van der Waals surface area contributed by atoms with E-state index in [1.807, 2.05) is 6.92 Å². The molecule has 0 bridgehead atoms. The number of hydrogen-bond donors (Lipinski definition) is 0. The molecule has 0 N–H and O–H groups in total. The average molecular weight is 342 g/mol. The molecule has 1 saturated carbocycles. The number of anilines is 1.